The van der Waals surface area contributed by atoms with Crippen LogP contribution in [0.5, 0.6) is 0 Å². The summed E-state index contributed by atoms with van der Waals surface area (Å²) in [5, 5.41) is 0. The number of ketones is 1. The summed E-state index contributed by atoms with van der Waals surface area (Å²) >= 11 is 0. The van der Waals surface area contributed by atoms with E-state index in [9.17, 15) is 9.59 Å². The average Bonchev–Trinajstić information content (AvgIpc) is 2.86. The molecule has 0 saturated carbocycles. The van der Waals surface area contributed by atoms with E-state index in [1.807, 2.05) is 17.8 Å². The van der Waals surface area contributed by atoms with Crippen LogP contribution in [0.25, 0.3) is 0 Å². The highest BCUT2D eigenvalue weighted by Gasteiger charge is 2.32. The number of rotatable bonds is 4. The fourth-order valence-corrected chi connectivity index (χ4v) is 2.33. The van der Waals surface area contributed by atoms with Crippen molar-refractivity contribution < 1.29 is 9.59 Å². The molecule has 0 radical (unpaired) electrons. The molecule has 1 aliphatic rings. The largest absolute Gasteiger partial charge is 0.357 e. The number of nitrogens with zero attached hydrogens (tertiary/aromatic N) is 2. The Bertz CT molecular complexity index is 462. The standard InChI is InChI=1S/C14H20N2O2/c1-10(2)12-6-14(18)16(8-12)9-13(17)11-4-5-15(3)7-11/h4-5,7,10,12H,6,8-9H2,1-3H3. The zero-order valence-corrected chi connectivity index (χ0v) is 11.2. The van der Waals surface area contributed by atoms with E-state index in [2.05, 4.69) is 13.8 Å². The van der Waals surface area contributed by atoms with E-state index in [-0.39, 0.29) is 18.2 Å². The minimum atomic E-state index is 0.0216. The minimum Gasteiger partial charge on any atom is -0.357 e. The lowest BCUT2D eigenvalue weighted by Crippen LogP contribution is -2.31. The Hall–Kier alpha value is -1.58. The lowest BCUT2D eigenvalue weighted by molar-refractivity contribution is -0.127. The normalized spacial score (nSPS) is 19.9. The molecule has 1 fully saturated rings. The number of carbonyl (C=O) groups excluding carboxylic acids is 2. The number of aromatic nitrogens is 1. The molecular weight excluding hydrogens is 228 g/mol. The molecule has 1 atom stereocenters. The van der Waals surface area contributed by atoms with E-state index in [1.54, 1.807) is 17.2 Å². The van der Waals surface area contributed by atoms with Crippen molar-refractivity contribution in [3.05, 3.63) is 24.0 Å². The van der Waals surface area contributed by atoms with Crippen molar-refractivity contribution in [1.29, 1.82) is 0 Å². The van der Waals surface area contributed by atoms with Gasteiger partial charge in [-0.3, -0.25) is 9.59 Å². The van der Waals surface area contributed by atoms with Gasteiger partial charge in [0.25, 0.3) is 0 Å². The summed E-state index contributed by atoms with van der Waals surface area (Å²) in [7, 11) is 1.88. The molecule has 2 heterocycles. The monoisotopic (exact) mass is 248 g/mol. The van der Waals surface area contributed by atoms with Crippen molar-refractivity contribution in [3.8, 4) is 0 Å². The molecule has 4 nitrogen and oxygen atoms in total. The number of amides is 1. The lowest BCUT2D eigenvalue weighted by atomic mass is 9.95. The second kappa shape index (κ2) is 4.96. The number of carbonyl (C=O) groups is 2. The molecule has 18 heavy (non-hydrogen) atoms. The Labute approximate surface area is 108 Å². The maximum Gasteiger partial charge on any atom is 0.223 e. The lowest BCUT2D eigenvalue weighted by Gasteiger charge is -2.16. The molecule has 4 heteroatoms. The quantitative estimate of drug-likeness (QED) is 0.761. The van der Waals surface area contributed by atoms with Crippen LogP contribution in [0, 0.1) is 11.8 Å². The smallest absolute Gasteiger partial charge is 0.223 e. The SMILES string of the molecule is CC(C)C1CC(=O)N(CC(=O)c2ccn(C)c2)C1. The van der Waals surface area contributed by atoms with Gasteiger partial charge in [-0.2, -0.15) is 0 Å². The molecule has 0 spiro atoms. The highest BCUT2D eigenvalue weighted by Crippen LogP contribution is 2.24. The van der Waals surface area contributed by atoms with Crippen molar-refractivity contribution >= 4 is 11.7 Å². The van der Waals surface area contributed by atoms with Gasteiger partial charge in [-0.1, -0.05) is 13.8 Å². The summed E-state index contributed by atoms with van der Waals surface area (Å²) in [5.74, 6) is 1.01. The summed E-state index contributed by atoms with van der Waals surface area (Å²) in [6, 6.07) is 1.79. The Morgan fingerprint density at radius 1 is 1.50 bits per heavy atom. The van der Waals surface area contributed by atoms with Gasteiger partial charge in [-0.15, -0.1) is 0 Å². The van der Waals surface area contributed by atoms with Crippen molar-refractivity contribution in [3.63, 3.8) is 0 Å². The molecule has 1 amide bonds. The van der Waals surface area contributed by atoms with E-state index in [1.165, 1.54) is 0 Å². The van der Waals surface area contributed by atoms with Crippen LogP contribution in [-0.2, 0) is 11.8 Å². The predicted octanol–water partition coefficient (Wildman–Crippen LogP) is 1.71. The Kier molecular flexibility index (Phi) is 3.55. The van der Waals surface area contributed by atoms with E-state index < -0.39 is 0 Å². The maximum atomic E-state index is 12.0. The van der Waals surface area contributed by atoms with Crippen LogP contribution in [0.1, 0.15) is 30.6 Å². The van der Waals surface area contributed by atoms with E-state index >= 15 is 0 Å². The van der Waals surface area contributed by atoms with Gasteiger partial charge in [0.15, 0.2) is 5.78 Å². The summed E-state index contributed by atoms with van der Waals surface area (Å²) in [4.78, 5) is 25.6. The minimum absolute atomic E-state index is 0.0216. The van der Waals surface area contributed by atoms with Crippen molar-refractivity contribution in [2.75, 3.05) is 13.1 Å². The number of Topliss-reactive ketones (excluding diaryl/α,β-unsaturated/α-hetero) is 1. The molecule has 1 aromatic rings. The predicted molar refractivity (Wildman–Crippen MR) is 69.3 cm³/mol. The van der Waals surface area contributed by atoms with Gasteiger partial charge >= 0.3 is 0 Å². The fraction of sp³-hybridized carbons (Fsp3) is 0.571. The molecule has 0 N–H and O–H groups in total. The molecule has 0 aliphatic carbocycles. The van der Waals surface area contributed by atoms with E-state index in [0.717, 1.165) is 6.54 Å². The van der Waals surface area contributed by atoms with Crippen molar-refractivity contribution in [1.82, 2.24) is 9.47 Å². The van der Waals surface area contributed by atoms with E-state index in [4.69, 9.17) is 0 Å². The van der Waals surface area contributed by atoms with Gasteiger partial charge in [0.05, 0.1) is 6.54 Å². The first kappa shape index (κ1) is 12.9. The molecule has 1 saturated heterocycles. The van der Waals surface area contributed by atoms with Gasteiger partial charge in [-0.25, -0.2) is 0 Å². The topological polar surface area (TPSA) is 42.3 Å². The molecule has 1 aliphatic heterocycles. The third-order valence-corrected chi connectivity index (χ3v) is 3.68. The fourth-order valence-electron chi connectivity index (χ4n) is 2.33. The molecule has 1 aromatic heterocycles. The summed E-state index contributed by atoms with van der Waals surface area (Å²) in [6.07, 6.45) is 4.22. The first-order valence-electron chi connectivity index (χ1n) is 6.40. The first-order valence-corrected chi connectivity index (χ1v) is 6.40. The average molecular weight is 248 g/mol. The molecule has 0 bridgehead atoms. The number of hydrogen-bond acceptors (Lipinski definition) is 2. The van der Waals surface area contributed by atoms with Crippen molar-refractivity contribution in [2.24, 2.45) is 18.9 Å². The summed E-state index contributed by atoms with van der Waals surface area (Å²) in [6.45, 7) is 5.18. The van der Waals surface area contributed by atoms with Gasteiger partial charge in [0, 0.05) is 38.0 Å². The zero-order valence-electron chi connectivity index (χ0n) is 11.2. The van der Waals surface area contributed by atoms with Crippen LogP contribution in [0.4, 0.5) is 0 Å². The molecule has 1 unspecified atom stereocenters. The number of likely N-dealkylation sites (tertiary alicyclic amines) is 1. The van der Waals surface area contributed by atoms with Crippen LogP contribution in [0.15, 0.2) is 18.5 Å². The number of hydrogen-bond donors (Lipinski definition) is 0. The second-order valence-corrected chi connectivity index (χ2v) is 5.47. The maximum absolute atomic E-state index is 12.0. The molecule has 2 rings (SSSR count). The number of aryl methyl sites for hydroxylation is 1. The Morgan fingerprint density at radius 2 is 2.22 bits per heavy atom. The van der Waals surface area contributed by atoms with Crippen LogP contribution in [0.2, 0.25) is 0 Å². The van der Waals surface area contributed by atoms with Crippen molar-refractivity contribution in [2.45, 2.75) is 20.3 Å². The van der Waals surface area contributed by atoms with Gasteiger partial charge in [0.1, 0.15) is 0 Å². The van der Waals surface area contributed by atoms with Gasteiger partial charge < -0.3 is 9.47 Å². The Morgan fingerprint density at radius 3 is 2.72 bits per heavy atom. The highest BCUT2D eigenvalue weighted by atomic mass is 16.2. The van der Waals surface area contributed by atoms with Crippen LogP contribution in [0.3, 0.4) is 0 Å². The zero-order chi connectivity index (χ0) is 13.3. The third kappa shape index (κ3) is 2.63. The highest BCUT2D eigenvalue weighted by molar-refractivity contribution is 5.99. The first-order chi connectivity index (χ1) is 8.47. The molecule has 98 valence electrons. The summed E-state index contributed by atoms with van der Waals surface area (Å²) in [5.41, 5.74) is 0.679. The summed E-state index contributed by atoms with van der Waals surface area (Å²) < 4.78 is 1.84. The second-order valence-electron chi connectivity index (χ2n) is 5.47. The van der Waals surface area contributed by atoms with E-state index in [0.29, 0.717) is 23.8 Å². The molecular formula is C14H20N2O2. The molecule has 0 aromatic carbocycles. The third-order valence-electron chi connectivity index (χ3n) is 3.68. The van der Waals surface area contributed by atoms with Gasteiger partial charge in [0.2, 0.25) is 5.91 Å². The van der Waals surface area contributed by atoms with Crippen LogP contribution >= 0.6 is 0 Å². The Balaban J connectivity index is 1.98. The van der Waals surface area contributed by atoms with Crippen LogP contribution < -0.4 is 0 Å². The van der Waals surface area contributed by atoms with Gasteiger partial charge in [-0.05, 0) is 17.9 Å². The van der Waals surface area contributed by atoms with Crippen LogP contribution in [-0.4, -0.2) is 34.2 Å².